The minimum Gasteiger partial charge on any atom is -0.236 e. The lowest BCUT2D eigenvalue weighted by Gasteiger charge is -2.20. The minimum atomic E-state index is 0.213. The molecule has 0 fully saturated rings. The predicted molar refractivity (Wildman–Crippen MR) is 69.3 cm³/mol. The van der Waals surface area contributed by atoms with Crippen LogP contribution in [0, 0.1) is 5.41 Å². The maximum absolute atomic E-state index is 5.32. The molecule has 0 amide bonds. The van der Waals surface area contributed by atoms with Gasteiger partial charge in [0.15, 0.2) is 0 Å². The Bertz CT molecular complexity index is 149. The van der Waals surface area contributed by atoms with E-state index in [9.17, 15) is 0 Å². The van der Waals surface area contributed by atoms with Gasteiger partial charge in [-0.1, -0.05) is 47.0 Å². The van der Waals surface area contributed by atoms with E-state index in [1.807, 2.05) is 0 Å². The SMILES string of the molecule is CCCCCCOOC(C)CCC(C)(C)C. The van der Waals surface area contributed by atoms with Gasteiger partial charge in [0, 0.05) is 0 Å². The van der Waals surface area contributed by atoms with Crippen molar-refractivity contribution in [3.8, 4) is 0 Å². The second-order valence-corrected chi connectivity index (χ2v) is 5.89. The van der Waals surface area contributed by atoms with Crippen molar-refractivity contribution in [3.63, 3.8) is 0 Å². The molecule has 0 aliphatic heterocycles. The van der Waals surface area contributed by atoms with Gasteiger partial charge < -0.3 is 0 Å². The molecule has 0 aromatic rings. The molecular weight excluding hydrogens is 200 g/mol. The van der Waals surface area contributed by atoms with Gasteiger partial charge in [-0.25, -0.2) is 9.78 Å². The fourth-order valence-corrected chi connectivity index (χ4v) is 1.44. The molecular formula is C14H30O2. The fourth-order valence-electron chi connectivity index (χ4n) is 1.44. The first-order chi connectivity index (χ1) is 7.45. The van der Waals surface area contributed by atoms with Crippen molar-refractivity contribution < 1.29 is 9.78 Å². The molecule has 0 aliphatic carbocycles. The summed E-state index contributed by atoms with van der Waals surface area (Å²) in [6, 6.07) is 0. The summed E-state index contributed by atoms with van der Waals surface area (Å²) in [4.78, 5) is 10.5. The highest BCUT2D eigenvalue weighted by molar-refractivity contribution is 4.63. The molecule has 98 valence electrons. The van der Waals surface area contributed by atoms with Crippen molar-refractivity contribution in [2.45, 2.75) is 79.2 Å². The Morgan fingerprint density at radius 2 is 1.75 bits per heavy atom. The largest absolute Gasteiger partial charge is 0.236 e. The number of rotatable bonds is 9. The molecule has 1 atom stereocenters. The molecule has 2 heteroatoms. The van der Waals surface area contributed by atoms with Crippen LogP contribution < -0.4 is 0 Å². The van der Waals surface area contributed by atoms with Crippen LogP contribution in [0.1, 0.15) is 73.1 Å². The Labute approximate surface area is 102 Å². The Morgan fingerprint density at radius 3 is 2.31 bits per heavy atom. The zero-order valence-corrected chi connectivity index (χ0v) is 11.8. The summed E-state index contributed by atoms with van der Waals surface area (Å²) in [6.07, 6.45) is 7.37. The van der Waals surface area contributed by atoms with Crippen molar-refractivity contribution in [1.29, 1.82) is 0 Å². The van der Waals surface area contributed by atoms with Gasteiger partial charge in [0.2, 0.25) is 0 Å². The first-order valence-electron chi connectivity index (χ1n) is 6.74. The van der Waals surface area contributed by atoms with Gasteiger partial charge in [0.05, 0.1) is 12.7 Å². The summed E-state index contributed by atoms with van der Waals surface area (Å²) in [5.74, 6) is 0. The van der Waals surface area contributed by atoms with Gasteiger partial charge in [-0.15, -0.1) is 0 Å². The van der Waals surface area contributed by atoms with Crippen LogP contribution in [-0.2, 0) is 9.78 Å². The molecule has 0 N–H and O–H groups in total. The first-order valence-corrected chi connectivity index (χ1v) is 6.74. The molecule has 1 unspecified atom stereocenters. The van der Waals surface area contributed by atoms with E-state index in [0.29, 0.717) is 5.41 Å². The highest BCUT2D eigenvalue weighted by Crippen LogP contribution is 2.22. The van der Waals surface area contributed by atoms with Gasteiger partial charge >= 0.3 is 0 Å². The lowest BCUT2D eigenvalue weighted by atomic mass is 9.89. The minimum absolute atomic E-state index is 0.213. The highest BCUT2D eigenvalue weighted by atomic mass is 17.2. The van der Waals surface area contributed by atoms with E-state index in [4.69, 9.17) is 9.78 Å². The third-order valence-electron chi connectivity index (χ3n) is 2.61. The molecule has 16 heavy (non-hydrogen) atoms. The Kier molecular flexibility index (Phi) is 8.96. The van der Waals surface area contributed by atoms with Crippen LogP contribution in [0.15, 0.2) is 0 Å². The van der Waals surface area contributed by atoms with E-state index >= 15 is 0 Å². The van der Waals surface area contributed by atoms with Crippen LogP contribution in [0.5, 0.6) is 0 Å². The molecule has 0 saturated heterocycles. The van der Waals surface area contributed by atoms with Crippen molar-refractivity contribution in [1.82, 2.24) is 0 Å². The smallest absolute Gasteiger partial charge is 0.0902 e. The van der Waals surface area contributed by atoms with E-state index < -0.39 is 0 Å². The summed E-state index contributed by atoms with van der Waals surface area (Å²) in [5, 5.41) is 0. The van der Waals surface area contributed by atoms with Crippen LogP contribution in [0.25, 0.3) is 0 Å². The predicted octanol–water partition coefficient (Wildman–Crippen LogP) is 4.73. The second kappa shape index (κ2) is 9.00. The number of unbranched alkanes of at least 4 members (excludes halogenated alkanes) is 3. The molecule has 0 saturated carbocycles. The Hall–Kier alpha value is -0.0800. The topological polar surface area (TPSA) is 18.5 Å². The Balaban J connectivity index is 3.27. The standard InChI is InChI=1S/C14H30O2/c1-6-7-8-9-12-15-16-13(2)10-11-14(3,4)5/h13H,6-12H2,1-5H3. The summed E-state index contributed by atoms with van der Waals surface area (Å²) in [7, 11) is 0. The van der Waals surface area contributed by atoms with Gasteiger partial charge in [0.1, 0.15) is 0 Å². The van der Waals surface area contributed by atoms with E-state index in [-0.39, 0.29) is 6.10 Å². The van der Waals surface area contributed by atoms with Gasteiger partial charge in [-0.2, -0.15) is 0 Å². The third kappa shape index (κ3) is 12.0. The van der Waals surface area contributed by atoms with Crippen LogP contribution >= 0.6 is 0 Å². The number of hydrogen-bond acceptors (Lipinski definition) is 2. The average molecular weight is 230 g/mol. The summed E-state index contributed by atoms with van der Waals surface area (Å²) in [5.41, 5.74) is 0.388. The lowest BCUT2D eigenvalue weighted by Crippen LogP contribution is -2.14. The first kappa shape index (κ1) is 15.9. The second-order valence-electron chi connectivity index (χ2n) is 5.89. The van der Waals surface area contributed by atoms with Gasteiger partial charge in [-0.05, 0) is 31.6 Å². The van der Waals surface area contributed by atoms with E-state index in [0.717, 1.165) is 19.4 Å². The fraction of sp³-hybridized carbons (Fsp3) is 1.00. The zero-order valence-electron chi connectivity index (χ0n) is 11.8. The third-order valence-corrected chi connectivity index (χ3v) is 2.61. The molecule has 0 rings (SSSR count). The zero-order chi connectivity index (χ0) is 12.4. The maximum atomic E-state index is 5.32. The van der Waals surface area contributed by atoms with Crippen LogP contribution in [0.4, 0.5) is 0 Å². The molecule has 0 radical (unpaired) electrons. The van der Waals surface area contributed by atoms with Crippen LogP contribution in [0.2, 0.25) is 0 Å². The summed E-state index contributed by atoms with van der Waals surface area (Å²) < 4.78 is 0. The number of hydrogen-bond donors (Lipinski definition) is 0. The van der Waals surface area contributed by atoms with Crippen LogP contribution in [-0.4, -0.2) is 12.7 Å². The van der Waals surface area contributed by atoms with Crippen molar-refractivity contribution in [3.05, 3.63) is 0 Å². The molecule has 0 aromatic heterocycles. The van der Waals surface area contributed by atoms with Crippen molar-refractivity contribution >= 4 is 0 Å². The maximum Gasteiger partial charge on any atom is 0.0902 e. The summed E-state index contributed by atoms with van der Waals surface area (Å²) >= 11 is 0. The van der Waals surface area contributed by atoms with E-state index in [1.54, 1.807) is 0 Å². The molecule has 0 bridgehead atoms. The Morgan fingerprint density at radius 1 is 1.06 bits per heavy atom. The molecule has 0 aliphatic rings. The summed E-state index contributed by atoms with van der Waals surface area (Å²) in [6.45, 7) is 11.8. The quantitative estimate of drug-likeness (QED) is 0.324. The van der Waals surface area contributed by atoms with E-state index in [2.05, 4.69) is 34.6 Å². The van der Waals surface area contributed by atoms with Crippen molar-refractivity contribution in [2.24, 2.45) is 5.41 Å². The van der Waals surface area contributed by atoms with Crippen LogP contribution in [0.3, 0.4) is 0 Å². The monoisotopic (exact) mass is 230 g/mol. The average Bonchev–Trinajstić information content (AvgIpc) is 2.19. The lowest BCUT2D eigenvalue weighted by molar-refractivity contribution is -0.322. The normalized spacial score (nSPS) is 14.1. The molecule has 2 nitrogen and oxygen atoms in total. The molecule has 0 aromatic carbocycles. The molecule has 0 spiro atoms. The molecule has 0 heterocycles. The van der Waals surface area contributed by atoms with E-state index in [1.165, 1.54) is 25.7 Å². The highest BCUT2D eigenvalue weighted by Gasteiger charge is 2.13. The van der Waals surface area contributed by atoms with Gasteiger partial charge in [-0.3, -0.25) is 0 Å². The van der Waals surface area contributed by atoms with Gasteiger partial charge in [0.25, 0.3) is 0 Å². The van der Waals surface area contributed by atoms with Crippen molar-refractivity contribution in [2.75, 3.05) is 6.61 Å².